The molecular formula is C25H28ClN7. The molecule has 6 N–H and O–H groups in total. The molecule has 1 aliphatic heterocycles. The van der Waals surface area contributed by atoms with Gasteiger partial charge in [-0.2, -0.15) is 4.98 Å². The predicted octanol–water partition coefficient (Wildman–Crippen LogP) is 4.65. The van der Waals surface area contributed by atoms with Crippen molar-refractivity contribution in [1.29, 1.82) is 0 Å². The number of nitrogens with one attached hydrogen (secondary N) is 2. The molecule has 0 radical (unpaired) electrons. The molecule has 0 fully saturated rings. The number of aliphatic imine (C=N–C) groups is 1. The molecule has 3 aromatic rings. The fourth-order valence-electron chi connectivity index (χ4n) is 3.91. The first kappa shape index (κ1) is 22.8. The Morgan fingerprint density at radius 2 is 1.97 bits per heavy atom. The van der Waals surface area contributed by atoms with Crippen molar-refractivity contribution in [3.63, 3.8) is 0 Å². The second-order valence-corrected chi connectivity index (χ2v) is 8.71. The van der Waals surface area contributed by atoms with E-state index in [9.17, 15) is 0 Å². The summed E-state index contributed by atoms with van der Waals surface area (Å²) in [6.45, 7) is 7.87. The van der Waals surface area contributed by atoms with Gasteiger partial charge in [-0.15, -0.1) is 0 Å². The smallest absolute Gasteiger partial charge is 0.229 e. The molecule has 0 amide bonds. The van der Waals surface area contributed by atoms with Crippen molar-refractivity contribution >= 4 is 34.9 Å². The van der Waals surface area contributed by atoms with E-state index >= 15 is 0 Å². The summed E-state index contributed by atoms with van der Waals surface area (Å²) < 4.78 is 0. The fraction of sp³-hybridized carbons (Fsp3) is 0.240. The molecule has 1 aromatic heterocycles. The Morgan fingerprint density at radius 1 is 1.15 bits per heavy atom. The average Bonchev–Trinajstić information content (AvgIpc) is 2.77. The third-order valence-corrected chi connectivity index (χ3v) is 5.82. The number of nitrogens with zero attached hydrogens (tertiary/aromatic N) is 3. The highest BCUT2D eigenvalue weighted by Crippen LogP contribution is 2.32. The van der Waals surface area contributed by atoms with Crippen LogP contribution >= 0.6 is 11.6 Å². The van der Waals surface area contributed by atoms with Crippen LogP contribution < -0.4 is 22.1 Å². The molecule has 0 aliphatic carbocycles. The lowest BCUT2D eigenvalue weighted by atomic mass is 9.92. The molecule has 7 nitrogen and oxygen atoms in total. The summed E-state index contributed by atoms with van der Waals surface area (Å²) in [5.41, 5.74) is 20.5. The minimum absolute atomic E-state index is 0.221. The zero-order valence-corrected chi connectivity index (χ0v) is 19.8. The van der Waals surface area contributed by atoms with Crippen molar-refractivity contribution in [3.05, 3.63) is 75.6 Å². The van der Waals surface area contributed by atoms with Crippen LogP contribution in [0.2, 0.25) is 5.02 Å². The molecule has 8 heteroatoms. The molecule has 1 aliphatic rings. The minimum Gasteiger partial charge on any atom is -0.402 e. The first-order valence-electron chi connectivity index (χ1n) is 10.8. The van der Waals surface area contributed by atoms with E-state index in [2.05, 4.69) is 69.8 Å². The van der Waals surface area contributed by atoms with E-state index in [4.69, 9.17) is 23.1 Å². The number of amidine groups is 1. The molecule has 33 heavy (non-hydrogen) atoms. The number of nitrogens with two attached hydrogens (primary N) is 2. The lowest BCUT2D eigenvalue weighted by molar-refractivity contribution is 0.644. The van der Waals surface area contributed by atoms with Crippen LogP contribution in [0.1, 0.15) is 29.2 Å². The summed E-state index contributed by atoms with van der Waals surface area (Å²) in [4.78, 5) is 12.9. The fourth-order valence-corrected chi connectivity index (χ4v) is 4.04. The maximum atomic E-state index is 6.20. The van der Waals surface area contributed by atoms with Crippen LogP contribution in [-0.2, 0) is 13.0 Å². The molecule has 2 aromatic carbocycles. The Balaban J connectivity index is 1.62. The van der Waals surface area contributed by atoms with Gasteiger partial charge < -0.3 is 22.1 Å². The molecule has 0 spiro atoms. The summed E-state index contributed by atoms with van der Waals surface area (Å²) in [6, 6.07) is 11.1. The number of aryl methyl sites for hydroxylation is 2. The number of rotatable bonds is 5. The molecule has 0 saturated heterocycles. The lowest BCUT2D eigenvalue weighted by Gasteiger charge is -2.19. The minimum atomic E-state index is 0.221. The molecule has 2 heterocycles. The topological polar surface area (TPSA) is 114 Å². The van der Waals surface area contributed by atoms with E-state index in [0.717, 1.165) is 36.3 Å². The number of halogens is 1. The molecule has 4 rings (SSSR count). The SMILES string of the molecule is C/C(N)=C/C(N)=Nc1nc(Nc2cc(C)c(-c3ccc4c(c3)CCNC4)cc2C)ncc1Cl. The predicted molar refractivity (Wildman–Crippen MR) is 136 cm³/mol. The van der Waals surface area contributed by atoms with Crippen molar-refractivity contribution in [2.24, 2.45) is 16.5 Å². The van der Waals surface area contributed by atoms with Gasteiger partial charge in [-0.05, 0) is 85.3 Å². The number of aromatic nitrogens is 2. The van der Waals surface area contributed by atoms with Crippen LogP contribution in [0.4, 0.5) is 17.5 Å². The van der Waals surface area contributed by atoms with Crippen LogP contribution in [0, 0.1) is 13.8 Å². The monoisotopic (exact) mass is 461 g/mol. The van der Waals surface area contributed by atoms with Crippen LogP contribution in [0.5, 0.6) is 0 Å². The Labute approximate surface area is 199 Å². The molecule has 0 bridgehead atoms. The van der Waals surface area contributed by atoms with Gasteiger partial charge in [0.1, 0.15) is 10.9 Å². The van der Waals surface area contributed by atoms with E-state index < -0.39 is 0 Å². The van der Waals surface area contributed by atoms with Gasteiger partial charge >= 0.3 is 0 Å². The largest absolute Gasteiger partial charge is 0.402 e. The number of allylic oxidation sites excluding steroid dienone is 1. The van der Waals surface area contributed by atoms with Crippen molar-refractivity contribution in [1.82, 2.24) is 15.3 Å². The standard InChI is InChI=1S/C25H28ClN7/c1-14-9-22(31-25-30-13-21(26)24(33-25)32-23(28)10-16(3)27)15(2)8-20(14)18-4-5-19-12-29-7-6-17(19)11-18/h4-5,8-11,13,29H,6-7,12,27H2,1-3H3,(H3,28,30,31,32,33)/b16-10-. The highest BCUT2D eigenvalue weighted by molar-refractivity contribution is 6.32. The highest BCUT2D eigenvalue weighted by atomic mass is 35.5. The molecular weight excluding hydrogens is 434 g/mol. The van der Waals surface area contributed by atoms with E-state index in [1.165, 1.54) is 28.5 Å². The summed E-state index contributed by atoms with van der Waals surface area (Å²) in [5.74, 6) is 0.883. The maximum Gasteiger partial charge on any atom is 0.229 e. The first-order chi connectivity index (χ1) is 15.8. The highest BCUT2D eigenvalue weighted by Gasteiger charge is 2.13. The summed E-state index contributed by atoms with van der Waals surface area (Å²) in [7, 11) is 0. The molecule has 0 atom stereocenters. The van der Waals surface area contributed by atoms with Gasteiger partial charge in [0.25, 0.3) is 0 Å². The van der Waals surface area contributed by atoms with Gasteiger partial charge in [0.15, 0.2) is 5.82 Å². The number of anilines is 2. The number of hydrogen-bond donors (Lipinski definition) is 4. The lowest BCUT2D eigenvalue weighted by Crippen LogP contribution is -2.23. The normalized spacial score (nSPS) is 14.2. The Morgan fingerprint density at radius 3 is 2.76 bits per heavy atom. The molecule has 0 saturated carbocycles. The van der Waals surface area contributed by atoms with E-state index in [1.54, 1.807) is 13.0 Å². The van der Waals surface area contributed by atoms with Crippen LogP contribution in [0.25, 0.3) is 11.1 Å². The molecule has 170 valence electrons. The summed E-state index contributed by atoms with van der Waals surface area (Å²) >= 11 is 6.20. The zero-order valence-electron chi connectivity index (χ0n) is 19.0. The van der Waals surface area contributed by atoms with Crippen molar-refractivity contribution in [3.8, 4) is 11.1 Å². The molecule has 0 unspecified atom stereocenters. The van der Waals surface area contributed by atoms with Crippen LogP contribution in [0.3, 0.4) is 0 Å². The van der Waals surface area contributed by atoms with Crippen LogP contribution in [0.15, 0.2) is 53.3 Å². The Kier molecular flexibility index (Phi) is 6.62. The van der Waals surface area contributed by atoms with Gasteiger partial charge in [-0.25, -0.2) is 9.98 Å². The second-order valence-electron chi connectivity index (χ2n) is 8.31. The van der Waals surface area contributed by atoms with Gasteiger partial charge in [-0.1, -0.05) is 29.8 Å². The van der Waals surface area contributed by atoms with E-state index in [-0.39, 0.29) is 11.7 Å². The van der Waals surface area contributed by atoms with Crippen LogP contribution in [-0.4, -0.2) is 22.3 Å². The van der Waals surface area contributed by atoms with Gasteiger partial charge in [0, 0.05) is 17.9 Å². The third kappa shape index (κ3) is 5.32. The second kappa shape index (κ2) is 9.60. The summed E-state index contributed by atoms with van der Waals surface area (Å²) in [5, 5.41) is 7.01. The van der Waals surface area contributed by atoms with Crippen molar-refractivity contribution in [2.45, 2.75) is 33.7 Å². The van der Waals surface area contributed by atoms with Gasteiger partial charge in [0.05, 0.1) is 6.20 Å². The summed E-state index contributed by atoms with van der Waals surface area (Å²) in [6.07, 6.45) is 4.11. The number of fused-ring (bicyclic) bond motifs is 1. The third-order valence-electron chi connectivity index (χ3n) is 5.56. The van der Waals surface area contributed by atoms with Crippen molar-refractivity contribution in [2.75, 3.05) is 11.9 Å². The van der Waals surface area contributed by atoms with E-state index in [1.807, 2.05) is 0 Å². The Bertz CT molecular complexity index is 1260. The van der Waals surface area contributed by atoms with Crippen molar-refractivity contribution < 1.29 is 0 Å². The van der Waals surface area contributed by atoms with E-state index in [0.29, 0.717) is 16.7 Å². The number of hydrogen-bond acceptors (Lipinski definition) is 6. The average molecular weight is 462 g/mol. The Hall–Kier alpha value is -3.42. The number of benzene rings is 2. The maximum absolute atomic E-state index is 6.20. The first-order valence-corrected chi connectivity index (χ1v) is 11.2. The quantitative estimate of drug-likeness (QED) is 0.324. The van der Waals surface area contributed by atoms with Gasteiger partial charge in [0.2, 0.25) is 5.95 Å². The zero-order chi connectivity index (χ0) is 23.5. The van der Waals surface area contributed by atoms with Gasteiger partial charge in [-0.3, -0.25) is 0 Å².